The number of carbonyl (C=O) groups excluding carboxylic acids is 1. The van der Waals surface area contributed by atoms with Crippen LogP contribution >= 0.6 is 24.0 Å². The van der Waals surface area contributed by atoms with Gasteiger partial charge in [0.25, 0.3) is 5.91 Å². The molecule has 27 heavy (non-hydrogen) atoms. The number of allylic oxidation sites excluding steroid dienone is 2. The number of amides is 1. The van der Waals surface area contributed by atoms with Crippen LogP contribution in [0.2, 0.25) is 0 Å². The summed E-state index contributed by atoms with van der Waals surface area (Å²) in [4.78, 5) is 25.7. The molecule has 1 saturated heterocycles. The van der Waals surface area contributed by atoms with Gasteiger partial charge in [-0.25, -0.2) is 4.79 Å². The zero-order valence-corrected chi connectivity index (χ0v) is 15.9. The third kappa shape index (κ3) is 4.10. The molecule has 0 spiro atoms. The average molecular weight is 397 g/mol. The fraction of sp³-hybridized carbons (Fsp3) is 0.0500. The average Bonchev–Trinajstić information content (AvgIpc) is 2.89. The highest BCUT2D eigenvalue weighted by Gasteiger charge is 2.33. The molecule has 0 unspecified atom stereocenters. The first-order valence-electron chi connectivity index (χ1n) is 7.94. The predicted octanol–water partition coefficient (Wildman–Crippen LogP) is 4.44. The second-order valence-electron chi connectivity index (χ2n) is 5.82. The number of hydrogen-bond donors (Lipinski definition) is 2. The number of nitrogens with zero attached hydrogens (tertiary/aromatic N) is 1. The van der Waals surface area contributed by atoms with Crippen molar-refractivity contribution in [3.05, 3.63) is 76.2 Å². The van der Waals surface area contributed by atoms with E-state index < -0.39 is 5.97 Å². The van der Waals surface area contributed by atoms with Gasteiger partial charge in [-0.1, -0.05) is 60.4 Å². The van der Waals surface area contributed by atoms with Gasteiger partial charge in [0, 0.05) is 0 Å². The molecule has 0 aromatic heterocycles. The minimum Gasteiger partial charge on any atom is -0.507 e. The summed E-state index contributed by atoms with van der Waals surface area (Å²) in [5, 5.41) is 18.8. The number of rotatable bonds is 4. The summed E-state index contributed by atoms with van der Waals surface area (Å²) in [7, 11) is 0. The molecule has 0 radical (unpaired) electrons. The van der Waals surface area contributed by atoms with Gasteiger partial charge in [0.05, 0.1) is 10.6 Å². The fourth-order valence-corrected chi connectivity index (χ4v) is 3.93. The molecule has 0 atom stereocenters. The van der Waals surface area contributed by atoms with Crippen LogP contribution in [-0.4, -0.2) is 26.4 Å². The van der Waals surface area contributed by atoms with Crippen LogP contribution in [0.1, 0.15) is 22.8 Å². The Balaban J connectivity index is 1.90. The minimum atomic E-state index is -1.28. The molecule has 3 rings (SSSR count). The van der Waals surface area contributed by atoms with Crippen LogP contribution in [0.5, 0.6) is 5.75 Å². The van der Waals surface area contributed by atoms with Gasteiger partial charge < -0.3 is 10.2 Å². The molecular weight excluding hydrogens is 382 g/mol. The molecule has 2 N–H and O–H groups in total. The Kier molecular flexibility index (Phi) is 5.43. The predicted molar refractivity (Wildman–Crippen MR) is 111 cm³/mol. The Morgan fingerprint density at radius 1 is 1.19 bits per heavy atom. The summed E-state index contributed by atoms with van der Waals surface area (Å²) in [6, 6.07) is 13.7. The van der Waals surface area contributed by atoms with Gasteiger partial charge in [0.1, 0.15) is 11.3 Å². The number of hydrogen-bond acceptors (Lipinski definition) is 5. The number of aromatic hydroxyl groups is 1. The number of aromatic carboxylic acids is 1. The number of carboxylic acid groups (broad SMARTS) is 1. The molecule has 7 heteroatoms. The minimum absolute atomic E-state index is 0.286. The molecule has 1 heterocycles. The van der Waals surface area contributed by atoms with Crippen LogP contribution in [-0.2, 0) is 4.79 Å². The largest absolute Gasteiger partial charge is 0.507 e. The smallest absolute Gasteiger partial charge is 0.339 e. The van der Waals surface area contributed by atoms with Gasteiger partial charge in [0.15, 0.2) is 4.32 Å². The van der Waals surface area contributed by atoms with E-state index in [-0.39, 0.29) is 17.2 Å². The second kappa shape index (κ2) is 7.77. The molecular formula is C20H15NO4S2. The SMILES string of the molecule is CC(/C=C1\SC(=S)N(c2ccc(O)c(C(=O)O)c2)C1=O)=C\c1ccccc1. The molecule has 5 nitrogen and oxygen atoms in total. The number of carboxylic acids is 1. The molecule has 0 aliphatic carbocycles. The number of thioether (sulfide) groups is 1. The summed E-state index contributed by atoms with van der Waals surface area (Å²) in [5.74, 6) is -1.97. The van der Waals surface area contributed by atoms with Crippen molar-refractivity contribution in [2.45, 2.75) is 6.92 Å². The van der Waals surface area contributed by atoms with Crippen molar-refractivity contribution in [3.63, 3.8) is 0 Å². The standard InChI is InChI=1S/C20H15NO4S2/c1-12(9-13-5-3-2-4-6-13)10-17-18(23)21(20(26)27-17)14-7-8-16(22)15(11-14)19(24)25/h2-11,22H,1H3,(H,24,25)/b12-9+,17-10-. The van der Waals surface area contributed by atoms with Crippen LogP contribution in [0.3, 0.4) is 0 Å². The first kappa shape index (κ1) is 18.9. The van der Waals surface area contributed by atoms with Gasteiger partial charge in [-0.2, -0.15) is 0 Å². The maximum atomic E-state index is 12.8. The Bertz CT molecular complexity index is 996. The Labute approximate surface area is 165 Å². The first-order chi connectivity index (χ1) is 12.9. The number of anilines is 1. The maximum absolute atomic E-state index is 12.8. The lowest BCUT2D eigenvalue weighted by molar-refractivity contribution is -0.113. The van der Waals surface area contributed by atoms with E-state index in [1.165, 1.54) is 23.1 Å². The van der Waals surface area contributed by atoms with Crippen molar-refractivity contribution in [1.29, 1.82) is 0 Å². The Hall–Kier alpha value is -2.90. The third-order valence-corrected chi connectivity index (χ3v) is 5.12. The van der Waals surface area contributed by atoms with Gasteiger partial charge >= 0.3 is 5.97 Å². The number of phenols is 1. The van der Waals surface area contributed by atoms with E-state index in [0.717, 1.165) is 22.9 Å². The molecule has 2 aromatic rings. The fourth-order valence-electron chi connectivity index (χ4n) is 2.59. The van der Waals surface area contributed by atoms with Crippen molar-refractivity contribution in [2.75, 3.05) is 4.90 Å². The van der Waals surface area contributed by atoms with Crippen molar-refractivity contribution >= 4 is 51.9 Å². The molecule has 1 aliphatic heterocycles. The molecule has 0 saturated carbocycles. The molecule has 1 amide bonds. The lowest BCUT2D eigenvalue weighted by atomic mass is 10.1. The maximum Gasteiger partial charge on any atom is 0.339 e. The third-order valence-electron chi connectivity index (χ3n) is 3.82. The van der Waals surface area contributed by atoms with Gasteiger partial charge in [-0.3, -0.25) is 9.69 Å². The summed E-state index contributed by atoms with van der Waals surface area (Å²) >= 11 is 6.45. The van der Waals surface area contributed by atoms with E-state index >= 15 is 0 Å². The van der Waals surface area contributed by atoms with E-state index in [1.807, 2.05) is 43.3 Å². The lowest BCUT2D eigenvalue weighted by Crippen LogP contribution is -2.27. The van der Waals surface area contributed by atoms with E-state index in [2.05, 4.69) is 0 Å². The van der Waals surface area contributed by atoms with E-state index in [1.54, 1.807) is 6.08 Å². The normalized spacial score (nSPS) is 16.3. The summed E-state index contributed by atoms with van der Waals surface area (Å²) in [5.41, 5.74) is 1.93. The zero-order chi connectivity index (χ0) is 19.6. The van der Waals surface area contributed by atoms with Gasteiger partial charge in [-0.05, 0) is 42.3 Å². The Morgan fingerprint density at radius 3 is 2.56 bits per heavy atom. The van der Waals surface area contributed by atoms with E-state index in [0.29, 0.717) is 14.9 Å². The van der Waals surface area contributed by atoms with Crippen LogP contribution < -0.4 is 4.90 Å². The van der Waals surface area contributed by atoms with Crippen molar-refractivity contribution in [3.8, 4) is 5.75 Å². The van der Waals surface area contributed by atoms with Crippen LogP contribution in [0, 0.1) is 0 Å². The monoisotopic (exact) mass is 397 g/mol. The molecule has 1 fully saturated rings. The number of benzene rings is 2. The highest BCUT2D eigenvalue weighted by atomic mass is 32.2. The highest BCUT2D eigenvalue weighted by molar-refractivity contribution is 8.27. The number of carbonyl (C=O) groups is 2. The van der Waals surface area contributed by atoms with E-state index in [9.17, 15) is 14.7 Å². The highest BCUT2D eigenvalue weighted by Crippen LogP contribution is 2.37. The lowest BCUT2D eigenvalue weighted by Gasteiger charge is -2.15. The van der Waals surface area contributed by atoms with Crippen molar-refractivity contribution < 1.29 is 19.8 Å². The molecule has 136 valence electrons. The first-order valence-corrected chi connectivity index (χ1v) is 9.17. The van der Waals surface area contributed by atoms with Crippen LogP contribution in [0.4, 0.5) is 5.69 Å². The summed E-state index contributed by atoms with van der Waals surface area (Å²) < 4.78 is 0.306. The van der Waals surface area contributed by atoms with Crippen LogP contribution in [0.15, 0.2) is 65.1 Å². The quantitative estimate of drug-likeness (QED) is 0.587. The second-order valence-corrected chi connectivity index (χ2v) is 7.50. The summed E-state index contributed by atoms with van der Waals surface area (Å²) in [6.45, 7) is 1.89. The molecule has 0 bridgehead atoms. The van der Waals surface area contributed by atoms with Crippen molar-refractivity contribution in [1.82, 2.24) is 0 Å². The number of thiocarbonyl (C=S) groups is 1. The van der Waals surface area contributed by atoms with Gasteiger partial charge in [-0.15, -0.1) is 0 Å². The van der Waals surface area contributed by atoms with E-state index in [4.69, 9.17) is 17.3 Å². The van der Waals surface area contributed by atoms with Crippen molar-refractivity contribution in [2.24, 2.45) is 0 Å². The zero-order valence-electron chi connectivity index (χ0n) is 14.2. The Morgan fingerprint density at radius 2 is 1.89 bits per heavy atom. The molecule has 2 aromatic carbocycles. The van der Waals surface area contributed by atoms with Crippen LogP contribution in [0.25, 0.3) is 6.08 Å². The molecule has 1 aliphatic rings. The van der Waals surface area contributed by atoms with Gasteiger partial charge in [0.2, 0.25) is 0 Å². The summed E-state index contributed by atoms with van der Waals surface area (Å²) in [6.07, 6.45) is 3.71. The topological polar surface area (TPSA) is 77.8 Å².